The summed E-state index contributed by atoms with van der Waals surface area (Å²) in [4.78, 5) is 19.0. The molecule has 0 aliphatic rings. The van der Waals surface area contributed by atoms with E-state index in [1.807, 2.05) is 31.2 Å². The lowest BCUT2D eigenvalue weighted by molar-refractivity contribution is -0.384. The summed E-state index contributed by atoms with van der Waals surface area (Å²) in [5.41, 5.74) is 3.31. The molecular weight excluding hydrogens is 254 g/mol. The molecule has 0 atom stereocenters. The van der Waals surface area contributed by atoms with E-state index >= 15 is 0 Å². The van der Waals surface area contributed by atoms with E-state index in [-0.39, 0.29) is 5.69 Å². The Morgan fingerprint density at radius 2 is 1.90 bits per heavy atom. The smallest absolute Gasteiger partial charge is 0.258 e. The lowest BCUT2D eigenvalue weighted by Gasteiger charge is -2.07. The van der Waals surface area contributed by atoms with Gasteiger partial charge in [0.05, 0.1) is 16.1 Å². The van der Waals surface area contributed by atoms with Crippen molar-refractivity contribution in [2.24, 2.45) is 0 Å². The van der Waals surface area contributed by atoms with Crippen molar-refractivity contribution in [3.8, 4) is 11.3 Å². The van der Waals surface area contributed by atoms with Crippen molar-refractivity contribution >= 4 is 16.6 Å². The van der Waals surface area contributed by atoms with Crippen molar-refractivity contribution in [1.29, 1.82) is 0 Å². The van der Waals surface area contributed by atoms with Gasteiger partial charge in [0.2, 0.25) is 0 Å². The number of fused-ring (bicyclic) bond motifs is 1. The van der Waals surface area contributed by atoms with Crippen molar-refractivity contribution in [1.82, 2.24) is 9.97 Å². The van der Waals surface area contributed by atoms with Gasteiger partial charge in [-0.2, -0.15) is 0 Å². The van der Waals surface area contributed by atoms with Gasteiger partial charge in [-0.05, 0) is 18.6 Å². The van der Waals surface area contributed by atoms with E-state index in [1.165, 1.54) is 12.4 Å². The van der Waals surface area contributed by atoms with Gasteiger partial charge in [0.1, 0.15) is 6.33 Å². The lowest BCUT2D eigenvalue weighted by Crippen LogP contribution is -1.94. The standard InChI is InChI=1S/C15H11N3O2/c1-10-6-7-11(18(19)20)8-13(10)15-12-4-2-3-5-14(12)16-9-17-15/h2-9H,1H3. The summed E-state index contributed by atoms with van der Waals surface area (Å²) in [6.45, 7) is 1.91. The molecule has 0 amide bonds. The lowest BCUT2D eigenvalue weighted by atomic mass is 10.0. The molecule has 0 radical (unpaired) electrons. The average molecular weight is 265 g/mol. The number of benzene rings is 2. The second-order valence-electron chi connectivity index (χ2n) is 4.50. The number of nitro benzene ring substituents is 1. The third-order valence-electron chi connectivity index (χ3n) is 3.23. The molecule has 0 fully saturated rings. The minimum absolute atomic E-state index is 0.0632. The van der Waals surface area contributed by atoms with Crippen LogP contribution < -0.4 is 0 Å². The third kappa shape index (κ3) is 1.99. The highest BCUT2D eigenvalue weighted by molar-refractivity contribution is 5.93. The third-order valence-corrected chi connectivity index (χ3v) is 3.23. The first-order valence-corrected chi connectivity index (χ1v) is 6.12. The van der Waals surface area contributed by atoms with Gasteiger partial charge in [-0.3, -0.25) is 10.1 Å². The van der Waals surface area contributed by atoms with Gasteiger partial charge in [-0.25, -0.2) is 9.97 Å². The average Bonchev–Trinajstić information content (AvgIpc) is 2.47. The molecule has 3 rings (SSSR count). The highest BCUT2D eigenvalue weighted by atomic mass is 16.6. The summed E-state index contributed by atoms with van der Waals surface area (Å²) in [5, 5.41) is 11.8. The van der Waals surface area contributed by atoms with Gasteiger partial charge in [-0.1, -0.05) is 24.3 Å². The molecule has 5 heteroatoms. The summed E-state index contributed by atoms with van der Waals surface area (Å²) < 4.78 is 0. The Hall–Kier alpha value is -2.82. The molecule has 0 N–H and O–H groups in total. The maximum Gasteiger partial charge on any atom is 0.270 e. The fraction of sp³-hybridized carbons (Fsp3) is 0.0667. The van der Waals surface area contributed by atoms with Crippen LogP contribution in [0.1, 0.15) is 5.56 Å². The van der Waals surface area contributed by atoms with Crippen LogP contribution in [0.4, 0.5) is 5.69 Å². The molecule has 0 saturated heterocycles. The number of non-ortho nitro benzene ring substituents is 1. The molecule has 0 saturated carbocycles. The summed E-state index contributed by atoms with van der Waals surface area (Å²) in [5.74, 6) is 0. The number of aryl methyl sites for hydroxylation is 1. The van der Waals surface area contributed by atoms with E-state index < -0.39 is 4.92 Å². The van der Waals surface area contributed by atoms with Gasteiger partial charge in [0.15, 0.2) is 0 Å². The van der Waals surface area contributed by atoms with Crippen LogP contribution in [0, 0.1) is 17.0 Å². The minimum Gasteiger partial charge on any atom is -0.258 e. The van der Waals surface area contributed by atoms with E-state index in [4.69, 9.17) is 0 Å². The van der Waals surface area contributed by atoms with Crippen LogP contribution in [-0.4, -0.2) is 14.9 Å². The van der Waals surface area contributed by atoms with Crippen LogP contribution in [0.2, 0.25) is 0 Å². The number of rotatable bonds is 2. The predicted octanol–water partition coefficient (Wildman–Crippen LogP) is 3.51. The monoisotopic (exact) mass is 265 g/mol. The zero-order valence-electron chi connectivity index (χ0n) is 10.8. The van der Waals surface area contributed by atoms with Crippen LogP contribution in [0.5, 0.6) is 0 Å². The van der Waals surface area contributed by atoms with E-state index in [2.05, 4.69) is 9.97 Å². The van der Waals surface area contributed by atoms with Crippen molar-refractivity contribution in [2.75, 3.05) is 0 Å². The van der Waals surface area contributed by atoms with Crippen LogP contribution >= 0.6 is 0 Å². The normalized spacial score (nSPS) is 10.7. The maximum atomic E-state index is 10.9. The van der Waals surface area contributed by atoms with Gasteiger partial charge in [0, 0.05) is 23.1 Å². The number of aromatic nitrogens is 2. The van der Waals surface area contributed by atoms with Crippen molar-refractivity contribution in [3.63, 3.8) is 0 Å². The minimum atomic E-state index is -0.397. The number of para-hydroxylation sites is 1. The first kappa shape index (κ1) is 12.2. The number of hydrogen-bond acceptors (Lipinski definition) is 4. The molecule has 1 heterocycles. The second kappa shape index (κ2) is 4.70. The van der Waals surface area contributed by atoms with Crippen LogP contribution in [0.25, 0.3) is 22.2 Å². The second-order valence-corrected chi connectivity index (χ2v) is 4.50. The Bertz CT molecular complexity index is 810. The Balaban J connectivity index is 2.30. The topological polar surface area (TPSA) is 68.9 Å². The SMILES string of the molecule is Cc1ccc([N+](=O)[O-])cc1-c1ncnc2ccccc12. The number of nitro groups is 1. The fourth-order valence-corrected chi connectivity index (χ4v) is 2.20. The summed E-state index contributed by atoms with van der Waals surface area (Å²) >= 11 is 0. The first-order valence-electron chi connectivity index (χ1n) is 6.12. The first-order chi connectivity index (χ1) is 9.66. The van der Waals surface area contributed by atoms with E-state index in [9.17, 15) is 10.1 Å². The molecule has 0 aliphatic heterocycles. The predicted molar refractivity (Wildman–Crippen MR) is 76.4 cm³/mol. The van der Waals surface area contributed by atoms with E-state index in [1.54, 1.807) is 12.1 Å². The van der Waals surface area contributed by atoms with Crippen LogP contribution in [0.15, 0.2) is 48.8 Å². The molecule has 0 bridgehead atoms. The zero-order chi connectivity index (χ0) is 14.1. The molecule has 2 aromatic carbocycles. The molecule has 20 heavy (non-hydrogen) atoms. The summed E-state index contributed by atoms with van der Waals surface area (Å²) in [6.07, 6.45) is 1.48. The zero-order valence-corrected chi connectivity index (χ0v) is 10.8. The van der Waals surface area contributed by atoms with Crippen molar-refractivity contribution < 1.29 is 4.92 Å². The molecule has 98 valence electrons. The highest BCUT2D eigenvalue weighted by Gasteiger charge is 2.13. The Kier molecular flexibility index (Phi) is 2.87. The van der Waals surface area contributed by atoms with Crippen molar-refractivity contribution in [3.05, 3.63) is 64.5 Å². The Morgan fingerprint density at radius 3 is 2.70 bits per heavy atom. The molecule has 0 aliphatic carbocycles. The van der Waals surface area contributed by atoms with E-state index in [0.717, 1.165) is 27.7 Å². The molecule has 0 spiro atoms. The summed E-state index contributed by atoms with van der Waals surface area (Å²) in [6, 6.07) is 12.4. The molecular formula is C15H11N3O2. The number of hydrogen-bond donors (Lipinski definition) is 0. The van der Waals surface area contributed by atoms with E-state index in [0.29, 0.717) is 0 Å². The van der Waals surface area contributed by atoms with Crippen LogP contribution in [0.3, 0.4) is 0 Å². The van der Waals surface area contributed by atoms with Gasteiger partial charge in [0.25, 0.3) is 5.69 Å². The summed E-state index contributed by atoms with van der Waals surface area (Å²) in [7, 11) is 0. The van der Waals surface area contributed by atoms with Gasteiger partial charge in [-0.15, -0.1) is 0 Å². The largest absolute Gasteiger partial charge is 0.270 e. The Morgan fingerprint density at radius 1 is 1.10 bits per heavy atom. The molecule has 5 nitrogen and oxygen atoms in total. The van der Waals surface area contributed by atoms with Gasteiger partial charge >= 0.3 is 0 Å². The fourth-order valence-electron chi connectivity index (χ4n) is 2.20. The van der Waals surface area contributed by atoms with Crippen molar-refractivity contribution in [2.45, 2.75) is 6.92 Å². The highest BCUT2D eigenvalue weighted by Crippen LogP contribution is 2.30. The number of nitrogens with zero attached hydrogens (tertiary/aromatic N) is 3. The van der Waals surface area contributed by atoms with Gasteiger partial charge < -0.3 is 0 Å². The molecule has 1 aromatic heterocycles. The van der Waals surface area contributed by atoms with Crippen LogP contribution in [-0.2, 0) is 0 Å². The quantitative estimate of drug-likeness (QED) is 0.525. The molecule has 3 aromatic rings. The maximum absolute atomic E-state index is 10.9. The molecule has 0 unspecified atom stereocenters. The Labute approximate surface area is 115 Å².